The lowest BCUT2D eigenvalue weighted by molar-refractivity contribution is 0.00578. The molecular weight excluding hydrogens is 291 g/mol. The zero-order valence-electron chi connectivity index (χ0n) is 14.6. The summed E-state index contributed by atoms with van der Waals surface area (Å²) in [5, 5.41) is 2.11. The molecule has 2 aromatic rings. The number of methoxy groups -OCH3 is 2. The highest BCUT2D eigenvalue weighted by Gasteiger charge is 2.52. The predicted molar refractivity (Wildman–Crippen MR) is 92.8 cm³/mol. The van der Waals surface area contributed by atoms with E-state index in [0.717, 1.165) is 27.7 Å². The number of hydrogen-bond acceptors (Lipinski definition) is 4. The first-order valence-electron chi connectivity index (χ1n) is 7.79. The topological polar surface area (TPSA) is 36.9 Å². The van der Waals surface area contributed by atoms with Gasteiger partial charge in [-0.1, -0.05) is 12.1 Å². The van der Waals surface area contributed by atoms with Crippen LogP contribution in [0.5, 0.6) is 11.5 Å². The molecule has 3 rings (SSSR count). The van der Waals surface area contributed by atoms with Crippen LogP contribution in [0.2, 0.25) is 0 Å². The fraction of sp³-hybridized carbons (Fsp3) is 0.444. The van der Waals surface area contributed by atoms with E-state index in [9.17, 15) is 0 Å². The Morgan fingerprint density at radius 3 is 2.09 bits per heavy atom. The molecule has 1 aliphatic rings. The zero-order valence-corrected chi connectivity index (χ0v) is 14.6. The number of hydrogen-bond donors (Lipinski definition) is 0. The SMILES string of the molecule is COc1ccc2c(B3OC(C)(C)C(C)(C)O3)c(OC)ccc2c1. The molecule has 0 bridgehead atoms. The molecule has 122 valence electrons. The van der Waals surface area contributed by atoms with E-state index >= 15 is 0 Å². The summed E-state index contributed by atoms with van der Waals surface area (Å²) >= 11 is 0. The fourth-order valence-electron chi connectivity index (χ4n) is 2.82. The monoisotopic (exact) mass is 314 g/mol. The molecule has 5 heteroatoms. The molecule has 0 atom stereocenters. The van der Waals surface area contributed by atoms with Gasteiger partial charge in [0.1, 0.15) is 11.5 Å². The average Bonchev–Trinajstić information content (AvgIpc) is 2.73. The summed E-state index contributed by atoms with van der Waals surface area (Å²) in [7, 11) is 2.87. The Labute approximate surface area is 137 Å². The molecule has 0 saturated carbocycles. The van der Waals surface area contributed by atoms with Gasteiger partial charge < -0.3 is 18.8 Å². The highest BCUT2D eigenvalue weighted by Crippen LogP contribution is 2.38. The van der Waals surface area contributed by atoms with Crippen molar-refractivity contribution in [3.8, 4) is 11.5 Å². The quantitative estimate of drug-likeness (QED) is 0.816. The highest BCUT2D eigenvalue weighted by molar-refractivity contribution is 6.66. The lowest BCUT2D eigenvalue weighted by atomic mass is 9.75. The minimum Gasteiger partial charge on any atom is -0.497 e. The van der Waals surface area contributed by atoms with Gasteiger partial charge in [0.05, 0.1) is 25.4 Å². The Balaban J connectivity index is 2.16. The van der Waals surface area contributed by atoms with E-state index in [2.05, 4.69) is 0 Å². The molecule has 0 radical (unpaired) electrons. The van der Waals surface area contributed by atoms with Gasteiger partial charge in [0.2, 0.25) is 0 Å². The van der Waals surface area contributed by atoms with E-state index in [1.807, 2.05) is 58.0 Å². The maximum Gasteiger partial charge on any atom is 0.499 e. The summed E-state index contributed by atoms with van der Waals surface area (Å²) in [6, 6.07) is 9.94. The fourth-order valence-corrected chi connectivity index (χ4v) is 2.82. The van der Waals surface area contributed by atoms with E-state index in [4.69, 9.17) is 18.8 Å². The van der Waals surface area contributed by atoms with Crippen LogP contribution >= 0.6 is 0 Å². The van der Waals surface area contributed by atoms with E-state index in [-0.39, 0.29) is 0 Å². The van der Waals surface area contributed by atoms with Crippen LogP contribution in [0.3, 0.4) is 0 Å². The minimum absolute atomic E-state index is 0.392. The van der Waals surface area contributed by atoms with Crippen molar-refractivity contribution in [3.05, 3.63) is 30.3 Å². The third-order valence-corrected chi connectivity index (χ3v) is 4.94. The van der Waals surface area contributed by atoms with Crippen molar-refractivity contribution in [2.24, 2.45) is 0 Å². The second-order valence-corrected chi connectivity index (χ2v) is 6.86. The van der Waals surface area contributed by atoms with Crippen LogP contribution in [0, 0.1) is 0 Å². The summed E-state index contributed by atoms with van der Waals surface area (Å²) in [4.78, 5) is 0. The molecule has 0 N–H and O–H groups in total. The van der Waals surface area contributed by atoms with Crippen molar-refractivity contribution in [3.63, 3.8) is 0 Å². The van der Waals surface area contributed by atoms with Crippen LogP contribution < -0.4 is 14.9 Å². The molecule has 1 aliphatic heterocycles. The molecule has 1 saturated heterocycles. The molecule has 0 amide bonds. The lowest BCUT2D eigenvalue weighted by Crippen LogP contribution is -2.41. The van der Waals surface area contributed by atoms with Crippen molar-refractivity contribution >= 4 is 23.4 Å². The first-order valence-corrected chi connectivity index (χ1v) is 7.79. The van der Waals surface area contributed by atoms with E-state index < -0.39 is 18.3 Å². The summed E-state index contributed by atoms with van der Waals surface area (Å²) in [5.41, 5.74) is 0.139. The maximum atomic E-state index is 6.22. The van der Waals surface area contributed by atoms with Crippen molar-refractivity contribution in [1.29, 1.82) is 0 Å². The Bertz CT molecular complexity index is 723. The van der Waals surface area contributed by atoms with Gasteiger partial charge in [-0.05, 0) is 56.7 Å². The van der Waals surface area contributed by atoms with Crippen LogP contribution in [0.1, 0.15) is 27.7 Å². The largest absolute Gasteiger partial charge is 0.499 e. The van der Waals surface area contributed by atoms with Crippen molar-refractivity contribution < 1.29 is 18.8 Å². The summed E-state index contributed by atoms with van der Waals surface area (Å²) in [6.07, 6.45) is 0. The highest BCUT2D eigenvalue weighted by atomic mass is 16.7. The van der Waals surface area contributed by atoms with Gasteiger partial charge in [0.25, 0.3) is 0 Å². The molecular formula is C18H23BO4. The van der Waals surface area contributed by atoms with Crippen LogP contribution in [0.15, 0.2) is 30.3 Å². The molecule has 1 fully saturated rings. The number of ether oxygens (including phenoxy) is 2. The van der Waals surface area contributed by atoms with Crippen molar-refractivity contribution in [2.45, 2.75) is 38.9 Å². The van der Waals surface area contributed by atoms with Gasteiger partial charge in [-0.25, -0.2) is 0 Å². The van der Waals surface area contributed by atoms with Crippen LogP contribution in [0.4, 0.5) is 0 Å². The molecule has 0 spiro atoms. The summed E-state index contributed by atoms with van der Waals surface area (Å²) in [5.74, 6) is 1.59. The van der Waals surface area contributed by atoms with E-state index in [0.29, 0.717) is 0 Å². The normalized spacial score (nSPS) is 19.1. The van der Waals surface area contributed by atoms with Gasteiger partial charge >= 0.3 is 7.12 Å². The van der Waals surface area contributed by atoms with Crippen LogP contribution in [-0.2, 0) is 9.31 Å². The second-order valence-electron chi connectivity index (χ2n) is 6.86. The molecule has 1 heterocycles. The first kappa shape index (κ1) is 16.2. The predicted octanol–water partition coefficient (Wildman–Crippen LogP) is 3.16. The van der Waals surface area contributed by atoms with E-state index in [1.165, 1.54) is 0 Å². The Morgan fingerprint density at radius 1 is 0.870 bits per heavy atom. The van der Waals surface area contributed by atoms with E-state index in [1.54, 1.807) is 14.2 Å². The summed E-state index contributed by atoms with van der Waals surface area (Å²) < 4.78 is 23.3. The van der Waals surface area contributed by atoms with Gasteiger partial charge in [0, 0.05) is 5.46 Å². The smallest absolute Gasteiger partial charge is 0.497 e. The zero-order chi connectivity index (χ0) is 16.8. The van der Waals surface area contributed by atoms with Crippen LogP contribution in [-0.4, -0.2) is 32.5 Å². The second kappa shape index (κ2) is 5.43. The molecule has 0 unspecified atom stereocenters. The number of benzene rings is 2. The molecule has 2 aromatic carbocycles. The average molecular weight is 314 g/mol. The lowest BCUT2D eigenvalue weighted by Gasteiger charge is -2.32. The molecule has 0 aromatic heterocycles. The molecule has 23 heavy (non-hydrogen) atoms. The Morgan fingerprint density at radius 2 is 1.52 bits per heavy atom. The minimum atomic E-state index is -0.466. The third-order valence-electron chi connectivity index (χ3n) is 4.94. The first-order chi connectivity index (χ1) is 10.8. The van der Waals surface area contributed by atoms with Crippen molar-refractivity contribution in [1.82, 2.24) is 0 Å². The van der Waals surface area contributed by atoms with Crippen LogP contribution in [0.25, 0.3) is 10.8 Å². The summed E-state index contributed by atoms with van der Waals surface area (Å²) in [6.45, 7) is 8.20. The molecule has 4 nitrogen and oxygen atoms in total. The Hall–Kier alpha value is -1.72. The van der Waals surface area contributed by atoms with Gasteiger partial charge in [-0.3, -0.25) is 0 Å². The number of rotatable bonds is 3. The Kier molecular flexibility index (Phi) is 3.81. The van der Waals surface area contributed by atoms with Crippen molar-refractivity contribution in [2.75, 3.05) is 14.2 Å². The number of fused-ring (bicyclic) bond motifs is 1. The van der Waals surface area contributed by atoms with Gasteiger partial charge in [-0.15, -0.1) is 0 Å². The molecule has 0 aliphatic carbocycles. The van der Waals surface area contributed by atoms with Gasteiger partial charge in [0.15, 0.2) is 0 Å². The standard InChI is InChI=1S/C18H23BO4/c1-17(2)18(3,4)23-19(22-17)16-14-9-8-13(20-5)11-12(14)7-10-15(16)21-6/h7-11H,1-6H3. The van der Waals surface area contributed by atoms with Gasteiger partial charge in [-0.2, -0.15) is 0 Å². The maximum absolute atomic E-state index is 6.22. The third kappa shape index (κ3) is 2.58.